The van der Waals surface area contributed by atoms with Crippen LogP contribution in [-0.4, -0.2) is 16.8 Å². The summed E-state index contributed by atoms with van der Waals surface area (Å²) in [6.45, 7) is 0.693. The van der Waals surface area contributed by atoms with Crippen molar-refractivity contribution in [1.82, 2.24) is 4.98 Å². The lowest BCUT2D eigenvalue weighted by molar-refractivity contribution is 0.515. The van der Waals surface area contributed by atoms with Gasteiger partial charge < -0.3 is 5.73 Å². The van der Waals surface area contributed by atoms with Crippen molar-refractivity contribution < 1.29 is 0 Å². The normalized spacial score (nSPS) is 16.6. The highest BCUT2D eigenvalue weighted by atomic mass is 32.2. The molecule has 0 atom stereocenters. The van der Waals surface area contributed by atoms with Crippen molar-refractivity contribution in [3.05, 3.63) is 35.9 Å². The van der Waals surface area contributed by atoms with E-state index in [-0.39, 0.29) is 0 Å². The molecule has 0 aliphatic heterocycles. The fourth-order valence-corrected chi connectivity index (χ4v) is 4.27. The Labute approximate surface area is 125 Å². The van der Waals surface area contributed by atoms with Crippen LogP contribution in [0.15, 0.2) is 35.4 Å². The van der Waals surface area contributed by atoms with E-state index in [0.29, 0.717) is 6.54 Å². The van der Waals surface area contributed by atoms with Gasteiger partial charge in [0.25, 0.3) is 0 Å². The number of aromatic nitrogens is 1. The molecule has 1 aliphatic carbocycles. The van der Waals surface area contributed by atoms with Crippen LogP contribution in [0, 0.1) is 0 Å². The van der Waals surface area contributed by atoms with Gasteiger partial charge in [0.2, 0.25) is 0 Å². The first-order valence-electron chi connectivity index (χ1n) is 7.62. The quantitative estimate of drug-likeness (QED) is 0.917. The number of hydrogen-bond acceptors (Lipinski definition) is 3. The van der Waals surface area contributed by atoms with E-state index in [0.717, 1.165) is 17.2 Å². The van der Waals surface area contributed by atoms with E-state index in [1.807, 2.05) is 11.8 Å². The Hall–Kier alpha value is -1.06. The summed E-state index contributed by atoms with van der Waals surface area (Å²) in [6, 6.07) is 10.7. The maximum absolute atomic E-state index is 5.77. The summed E-state index contributed by atoms with van der Waals surface area (Å²) in [4.78, 5) is 4.90. The molecule has 106 valence electrons. The molecule has 3 heteroatoms. The molecule has 2 aromatic rings. The monoisotopic (exact) mass is 286 g/mol. The highest BCUT2D eigenvalue weighted by molar-refractivity contribution is 7.99. The molecular formula is C17H22N2S. The molecule has 0 spiro atoms. The maximum Gasteiger partial charge on any atom is 0.100 e. The summed E-state index contributed by atoms with van der Waals surface area (Å²) in [7, 11) is 0. The van der Waals surface area contributed by atoms with E-state index < -0.39 is 0 Å². The smallest absolute Gasteiger partial charge is 0.100 e. The van der Waals surface area contributed by atoms with Gasteiger partial charge in [0, 0.05) is 10.6 Å². The molecule has 1 aromatic carbocycles. The molecule has 20 heavy (non-hydrogen) atoms. The van der Waals surface area contributed by atoms with Crippen LogP contribution in [0.4, 0.5) is 0 Å². The van der Waals surface area contributed by atoms with Gasteiger partial charge in [-0.2, -0.15) is 0 Å². The van der Waals surface area contributed by atoms with E-state index >= 15 is 0 Å². The number of rotatable bonds is 4. The predicted molar refractivity (Wildman–Crippen MR) is 87.2 cm³/mol. The fraction of sp³-hybridized carbons (Fsp3) is 0.471. The van der Waals surface area contributed by atoms with Crippen LogP contribution < -0.4 is 5.73 Å². The lowest BCUT2D eigenvalue weighted by atomic mass is 10.0. The molecule has 0 saturated heterocycles. The zero-order chi connectivity index (χ0) is 13.8. The molecule has 0 amide bonds. The Morgan fingerprint density at radius 3 is 2.75 bits per heavy atom. The van der Waals surface area contributed by atoms with Crippen LogP contribution in [0.5, 0.6) is 0 Å². The van der Waals surface area contributed by atoms with E-state index in [9.17, 15) is 0 Å². The molecule has 2 N–H and O–H groups in total. The second kappa shape index (κ2) is 6.59. The zero-order valence-electron chi connectivity index (χ0n) is 11.8. The number of hydrogen-bond donors (Lipinski definition) is 1. The van der Waals surface area contributed by atoms with Crippen LogP contribution in [0.2, 0.25) is 0 Å². The van der Waals surface area contributed by atoms with Crippen molar-refractivity contribution in [3.8, 4) is 0 Å². The Morgan fingerprint density at radius 2 is 1.95 bits per heavy atom. The summed E-state index contributed by atoms with van der Waals surface area (Å²) < 4.78 is 0. The first-order chi connectivity index (χ1) is 9.86. The largest absolute Gasteiger partial charge is 0.330 e. The number of fused-ring (bicyclic) bond motifs is 1. The standard InChI is InChI=1S/C17H22N2S/c18-11-10-14-12-13-6-4-5-9-16(13)19-17(14)20-15-7-2-1-3-8-15/h4-6,9,12,15H,1-3,7-8,10-11,18H2. The Bertz CT molecular complexity index is 576. The van der Waals surface area contributed by atoms with E-state index in [2.05, 4.69) is 30.3 Å². The number of benzene rings is 1. The number of nitrogens with zero attached hydrogens (tertiary/aromatic N) is 1. The Kier molecular flexibility index (Phi) is 4.58. The minimum Gasteiger partial charge on any atom is -0.330 e. The molecule has 1 aliphatic rings. The van der Waals surface area contributed by atoms with Crippen molar-refractivity contribution in [2.45, 2.75) is 48.8 Å². The van der Waals surface area contributed by atoms with Crippen LogP contribution in [0.3, 0.4) is 0 Å². The van der Waals surface area contributed by atoms with E-state index in [4.69, 9.17) is 10.7 Å². The zero-order valence-corrected chi connectivity index (χ0v) is 12.7. The maximum atomic E-state index is 5.77. The first kappa shape index (κ1) is 13.9. The number of thioether (sulfide) groups is 1. The fourth-order valence-electron chi connectivity index (χ4n) is 2.92. The van der Waals surface area contributed by atoms with E-state index in [1.165, 1.54) is 48.1 Å². The van der Waals surface area contributed by atoms with Gasteiger partial charge in [0.15, 0.2) is 0 Å². The summed E-state index contributed by atoms with van der Waals surface area (Å²) in [5, 5.41) is 3.18. The molecular weight excluding hydrogens is 264 g/mol. The molecule has 1 saturated carbocycles. The summed E-state index contributed by atoms with van der Waals surface area (Å²) >= 11 is 1.98. The SMILES string of the molecule is NCCc1cc2ccccc2nc1SC1CCCCC1. The van der Waals surface area contributed by atoms with Gasteiger partial charge >= 0.3 is 0 Å². The van der Waals surface area contributed by atoms with Crippen LogP contribution in [0.1, 0.15) is 37.7 Å². The van der Waals surface area contributed by atoms with Crippen molar-refractivity contribution >= 4 is 22.7 Å². The second-order valence-electron chi connectivity index (χ2n) is 5.56. The number of para-hydroxylation sites is 1. The van der Waals surface area contributed by atoms with Gasteiger partial charge in [0.1, 0.15) is 5.03 Å². The van der Waals surface area contributed by atoms with Gasteiger partial charge in [-0.15, -0.1) is 11.8 Å². The summed E-state index contributed by atoms with van der Waals surface area (Å²) in [5.41, 5.74) is 8.19. The number of pyridine rings is 1. The lowest BCUT2D eigenvalue weighted by Crippen LogP contribution is -2.10. The second-order valence-corrected chi connectivity index (χ2v) is 6.85. The van der Waals surface area contributed by atoms with Gasteiger partial charge in [-0.25, -0.2) is 4.98 Å². The molecule has 1 aromatic heterocycles. The first-order valence-corrected chi connectivity index (χ1v) is 8.50. The predicted octanol–water partition coefficient (Wildman–Crippen LogP) is 4.16. The summed E-state index contributed by atoms with van der Waals surface area (Å²) in [6.07, 6.45) is 7.74. The average molecular weight is 286 g/mol. The minimum absolute atomic E-state index is 0.693. The molecule has 3 rings (SSSR count). The molecule has 0 bridgehead atoms. The third-order valence-corrected chi connectivity index (χ3v) is 5.39. The number of nitrogens with two attached hydrogens (primary N) is 1. The lowest BCUT2D eigenvalue weighted by Gasteiger charge is -2.21. The van der Waals surface area contributed by atoms with Crippen molar-refractivity contribution in [2.24, 2.45) is 5.73 Å². The Morgan fingerprint density at radius 1 is 1.15 bits per heavy atom. The van der Waals surface area contributed by atoms with Crippen molar-refractivity contribution in [3.63, 3.8) is 0 Å². The molecule has 0 radical (unpaired) electrons. The van der Waals surface area contributed by atoms with Crippen molar-refractivity contribution in [2.75, 3.05) is 6.54 Å². The van der Waals surface area contributed by atoms with Crippen molar-refractivity contribution in [1.29, 1.82) is 0 Å². The van der Waals surface area contributed by atoms with Crippen LogP contribution in [-0.2, 0) is 6.42 Å². The van der Waals surface area contributed by atoms with Gasteiger partial charge in [-0.1, -0.05) is 37.5 Å². The topological polar surface area (TPSA) is 38.9 Å². The Balaban J connectivity index is 1.91. The van der Waals surface area contributed by atoms with Crippen LogP contribution >= 0.6 is 11.8 Å². The van der Waals surface area contributed by atoms with Gasteiger partial charge in [-0.05, 0) is 43.5 Å². The molecule has 1 heterocycles. The highest BCUT2D eigenvalue weighted by Crippen LogP contribution is 2.35. The van der Waals surface area contributed by atoms with Gasteiger partial charge in [0.05, 0.1) is 5.52 Å². The molecule has 0 unspecified atom stereocenters. The third kappa shape index (κ3) is 3.15. The van der Waals surface area contributed by atoms with E-state index in [1.54, 1.807) is 0 Å². The average Bonchev–Trinajstić information content (AvgIpc) is 2.49. The molecule has 2 nitrogen and oxygen atoms in total. The minimum atomic E-state index is 0.693. The summed E-state index contributed by atoms with van der Waals surface area (Å²) in [5.74, 6) is 0. The molecule has 1 fully saturated rings. The highest BCUT2D eigenvalue weighted by Gasteiger charge is 2.17. The third-order valence-electron chi connectivity index (χ3n) is 4.01. The van der Waals surface area contributed by atoms with Crippen LogP contribution in [0.25, 0.3) is 10.9 Å². The van der Waals surface area contributed by atoms with Gasteiger partial charge in [-0.3, -0.25) is 0 Å².